The van der Waals surface area contributed by atoms with Gasteiger partial charge in [-0.1, -0.05) is 36.0 Å². The van der Waals surface area contributed by atoms with Crippen molar-refractivity contribution in [2.45, 2.75) is 24.3 Å². The van der Waals surface area contributed by atoms with Crippen LogP contribution in [0, 0.1) is 6.92 Å². The molecule has 0 aliphatic heterocycles. The Morgan fingerprint density at radius 1 is 1.00 bits per heavy atom. The molecule has 0 saturated carbocycles. The molecular formula is C26H26N2O4S. The predicted octanol–water partition coefficient (Wildman–Crippen LogP) is 5.42. The van der Waals surface area contributed by atoms with Crippen molar-refractivity contribution in [3.05, 3.63) is 82.9 Å². The summed E-state index contributed by atoms with van der Waals surface area (Å²) in [5.41, 5.74) is 5.52. The van der Waals surface area contributed by atoms with Crippen LogP contribution in [0.4, 0.5) is 0 Å². The van der Waals surface area contributed by atoms with Gasteiger partial charge in [0.25, 0.3) is 11.1 Å². The van der Waals surface area contributed by atoms with E-state index in [-0.39, 0.29) is 5.91 Å². The molecule has 1 amide bonds. The molecule has 0 unspecified atom stereocenters. The number of thioether (sulfide) groups is 1. The molecule has 0 bridgehead atoms. The van der Waals surface area contributed by atoms with Gasteiger partial charge in [-0.3, -0.25) is 4.79 Å². The molecule has 0 aliphatic carbocycles. The lowest BCUT2D eigenvalue weighted by Gasteiger charge is -2.10. The van der Waals surface area contributed by atoms with E-state index in [0.29, 0.717) is 41.0 Å². The average molecular weight is 463 g/mol. The first-order valence-electron chi connectivity index (χ1n) is 10.6. The summed E-state index contributed by atoms with van der Waals surface area (Å²) in [5.74, 6) is 1.94. The Hall–Kier alpha value is -3.45. The number of hydrogen-bond acceptors (Lipinski definition) is 6. The molecule has 3 aromatic carbocycles. The Bertz CT molecular complexity index is 1270. The number of benzene rings is 3. The van der Waals surface area contributed by atoms with E-state index in [1.165, 1.54) is 11.8 Å². The van der Waals surface area contributed by atoms with Gasteiger partial charge in [-0.15, -0.1) is 0 Å². The summed E-state index contributed by atoms with van der Waals surface area (Å²) in [6, 6.07) is 19.4. The van der Waals surface area contributed by atoms with E-state index < -0.39 is 0 Å². The molecule has 1 heterocycles. The zero-order chi connectivity index (χ0) is 23.2. The number of fused-ring (bicyclic) bond motifs is 1. The highest BCUT2D eigenvalue weighted by atomic mass is 32.2. The summed E-state index contributed by atoms with van der Waals surface area (Å²) in [6.45, 7) is 2.56. The van der Waals surface area contributed by atoms with Gasteiger partial charge in [0.05, 0.1) is 14.2 Å². The zero-order valence-corrected chi connectivity index (χ0v) is 19.7. The minimum Gasteiger partial charge on any atom is -0.493 e. The van der Waals surface area contributed by atoms with E-state index in [1.54, 1.807) is 14.2 Å². The SMILES string of the molecule is COc1ccc(CCNC(=O)c2cccc(CSc3nc4cc(C)ccc4o3)c2)cc1OC. The lowest BCUT2D eigenvalue weighted by molar-refractivity contribution is 0.0954. The van der Waals surface area contributed by atoms with Gasteiger partial charge < -0.3 is 19.2 Å². The second-order valence-corrected chi connectivity index (χ2v) is 8.56. The number of methoxy groups -OCH3 is 2. The Morgan fingerprint density at radius 3 is 2.67 bits per heavy atom. The van der Waals surface area contributed by atoms with Crippen LogP contribution in [-0.2, 0) is 12.2 Å². The van der Waals surface area contributed by atoms with Crippen LogP contribution in [0.25, 0.3) is 11.1 Å². The van der Waals surface area contributed by atoms with Crippen molar-refractivity contribution in [3.63, 3.8) is 0 Å². The topological polar surface area (TPSA) is 73.6 Å². The molecule has 1 aromatic heterocycles. The summed E-state index contributed by atoms with van der Waals surface area (Å²) in [6.07, 6.45) is 0.693. The third-order valence-electron chi connectivity index (χ3n) is 5.22. The molecule has 0 atom stereocenters. The number of ether oxygens (including phenoxy) is 2. The van der Waals surface area contributed by atoms with Gasteiger partial charge in [-0.25, -0.2) is 4.98 Å². The number of carbonyl (C=O) groups is 1. The molecule has 7 heteroatoms. The van der Waals surface area contributed by atoms with Crippen molar-refractivity contribution >= 4 is 28.8 Å². The monoisotopic (exact) mass is 462 g/mol. The van der Waals surface area contributed by atoms with Crippen molar-refractivity contribution in [3.8, 4) is 11.5 Å². The molecule has 0 saturated heterocycles. The highest BCUT2D eigenvalue weighted by molar-refractivity contribution is 7.98. The fraction of sp³-hybridized carbons (Fsp3) is 0.231. The maximum Gasteiger partial charge on any atom is 0.257 e. The Kier molecular flexibility index (Phi) is 7.19. The first-order valence-corrected chi connectivity index (χ1v) is 11.6. The van der Waals surface area contributed by atoms with Crippen molar-refractivity contribution < 1.29 is 18.7 Å². The van der Waals surface area contributed by atoms with Gasteiger partial charge in [0, 0.05) is 17.9 Å². The minimum absolute atomic E-state index is 0.0975. The van der Waals surface area contributed by atoms with Crippen molar-refractivity contribution in [2.75, 3.05) is 20.8 Å². The number of hydrogen-bond donors (Lipinski definition) is 1. The molecule has 170 valence electrons. The zero-order valence-electron chi connectivity index (χ0n) is 18.9. The van der Waals surface area contributed by atoms with Crippen LogP contribution in [0.2, 0.25) is 0 Å². The second-order valence-electron chi connectivity index (χ2n) is 7.64. The number of nitrogens with one attached hydrogen (secondary N) is 1. The normalized spacial score (nSPS) is 10.9. The minimum atomic E-state index is -0.0975. The first kappa shape index (κ1) is 22.7. The summed E-state index contributed by atoms with van der Waals surface area (Å²) in [4.78, 5) is 17.2. The second kappa shape index (κ2) is 10.4. The molecular weight excluding hydrogens is 436 g/mol. The number of aromatic nitrogens is 1. The molecule has 0 fully saturated rings. The number of oxazole rings is 1. The number of nitrogens with zero attached hydrogens (tertiary/aromatic N) is 1. The summed E-state index contributed by atoms with van der Waals surface area (Å²) < 4.78 is 16.4. The Balaban J connectivity index is 1.32. The Labute approximate surface area is 197 Å². The van der Waals surface area contributed by atoms with Crippen LogP contribution in [0.3, 0.4) is 0 Å². The molecule has 0 spiro atoms. The van der Waals surface area contributed by atoms with Crippen LogP contribution in [0.1, 0.15) is 27.0 Å². The molecule has 0 radical (unpaired) electrons. The van der Waals surface area contributed by atoms with Crippen molar-refractivity contribution in [1.82, 2.24) is 10.3 Å². The van der Waals surface area contributed by atoms with E-state index in [4.69, 9.17) is 13.9 Å². The highest BCUT2D eigenvalue weighted by Gasteiger charge is 2.10. The average Bonchev–Trinajstić information content (AvgIpc) is 3.24. The lowest BCUT2D eigenvalue weighted by atomic mass is 10.1. The molecule has 33 heavy (non-hydrogen) atoms. The first-order chi connectivity index (χ1) is 16.1. The van der Waals surface area contributed by atoms with Gasteiger partial charge in [-0.2, -0.15) is 0 Å². The fourth-order valence-electron chi connectivity index (χ4n) is 3.48. The summed E-state index contributed by atoms with van der Waals surface area (Å²) in [5, 5.41) is 3.61. The van der Waals surface area contributed by atoms with Crippen LogP contribution >= 0.6 is 11.8 Å². The maximum atomic E-state index is 12.6. The van der Waals surface area contributed by atoms with E-state index in [1.807, 2.05) is 67.6 Å². The number of carbonyl (C=O) groups excluding carboxylic acids is 1. The van der Waals surface area contributed by atoms with Gasteiger partial charge in [0.15, 0.2) is 17.1 Å². The van der Waals surface area contributed by atoms with E-state index >= 15 is 0 Å². The van der Waals surface area contributed by atoms with Gasteiger partial charge in [-0.05, 0) is 66.4 Å². The Morgan fingerprint density at radius 2 is 1.85 bits per heavy atom. The highest BCUT2D eigenvalue weighted by Crippen LogP contribution is 2.28. The molecule has 4 rings (SSSR count). The smallest absolute Gasteiger partial charge is 0.257 e. The van der Waals surface area contributed by atoms with Gasteiger partial charge >= 0.3 is 0 Å². The van der Waals surface area contributed by atoms with Gasteiger partial charge in [0.1, 0.15) is 5.52 Å². The quantitative estimate of drug-likeness (QED) is 0.335. The van der Waals surface area contributed by atoms with Crippen LogP contribution in [0.5, 0.6) is 11.5 Å². The third-order valence-corrected chi connectivity index (χ3v) is 6.12. The predicted molar refractivity (Wildman–Crippen MR) is 130 cm³/mol. The third kappa shape index (κ3) is 5.68. The standard InChI is InChI=1S/C26H26N2O4S/c1-17-7-9-22-21(13-17)28-26(32-22)33-16-19-5-4-6-20(14-19)25(29)27-12-11-18-8-10-23(30-2)24(15-18)31-3/h4-10,13-15H,11-12,16H2,1-3H3,(H,27,29). The fourth-order valence-corrected chi connectivity index (χ4v) is 4.27. The molecule has 0 aliphatic rings. The number of rotatable bonds is 9. The maximum absolute atomic E-state index is 12.6. The molecule has 4 aromatic rings. The molecule has 6 nitrogen and oxygen atoms in total. The van der Waals surface area contributed by atoms with Crippen LogP contribution in [0.15, 0.2) is 70.3 Å². The van der Waals surface area contributed by atoms with Crippen LogP contribution in [-0.4, -0.2) is 31.7 Å². The van der Waals surface area contributed by atoms with Gasteiger partial charge in [0.2, 0.25) is 0 Å². The summed E-state index contributed by atoms with van der Waals surface area (Å²) in [7, 11) is 3.22. The van der Waals surface area contributed by atoms with Crippen molar-refractivity contribution in [2.24, 2.45) is 0 Å². The van der Waals surface area contributed by atoms with Crippen LogP contribution < -0.4 is 14.8 Å². The lowest BCUT2D eigenvalue weighted by Crippen LogP contribution is -2.25. The molecule has 1 N–H and O–H groups in total. The van der Waals surface area contributed by atoms with E-state index in [9.17, 15) is 4.79 Å². The van der Waals surface area contributed by atoms with E-state index in [0.717, 1.165) is 27.8 Å². The van der Waals surface area contributed by atoms with Crippen molar-refractivity contribution in [1.29, 1.82) is 0 Å². The number of amides is 1. The largest absolute Gasteiger partial charge is 0.493 e. The number of aryl methyl sites for hydroxylation is 1. The summed E-state index contributed by atoms with van der Waals surface area (Å²) >= 11 is 1.52. The van der Waals surface area contributed by atoms with E-state index in [2.05, 4.69) is 10.3 Å².